The van der Waals surface area contributed by atoms with Crippen LogP contribution in [0.25, 0.3) is 0 Å². The SMILES string of the molecule is Cc1ccc(NC(=O)N2CCN(c3ccc(C(F)(F)F)cc3)CC2)c(C)c1. The van der Waals surface area contributed by atoms with E-state index in [-0.39, 0.29) is 6.03 Å². The molecule has 1 aliphatic heterocycles. The average Bonchev–Trinajstić information content (AvgIpc) is 2.63. The molecule has 2 amide bonds. The molecule has 0 atom stereocenters. The maximum atomic E-state index is 12.7. The predicted octanol–water partition coefficient (Wildman–Crippen LogP) is 4.68. The largest absolute Gasteiger partial charge is 0.416 e. The van der Waals surface area contributed by atoms with Crippen molar-refractivity contribution in [2.24, 2.45) is 0 Å². The molecular weight excluding hydrogens is 355 g/mol. The van der Waals surface area contributed by atoms with E-state index < -0.39 is 11.7 Å². The van der Waals surface area contributed by atoms with Gasteiger partial charge in [-0.15, -0.1) is 0 Å². The molecular formula is C20H22F3N3O. The number of anilines is 2. The van der Waals surface area contributed by atoms with E-state index in [0.29, 0.717) is 26.2 Å². The van der Waals surface area contributed by atoms with Gasteiger partial charge in [0.25, 0.3) is 0 Å². The van der Waals surface area contributed by atoms with Gasteiger partial charge in [-0.05, 0) is 49.7 Å². The molecule has 0 unspecified atom stereocenters. The average molecular weight is 377 g/mol. The molecule has 0 spiro atoms. The van der Waals surface area contributed by atoms with Crippen LogP contribution < -0.4 is 10.2 Å². The van der Waals surface area contributed by atoms with Crippen LogP contribution in [0.3, 0.4) is 0 Å². The summed E-state index contributed by atoms with van der Waals surface area (Å²) in [4.78, 5) is 16.2. The third-order valence-corrected chi connectivity index (χ3v) is 4.75. The van der Waals surface area contributed by atoms with E-state index in [9.17, 15) is 18.0 Å². The van der Waals surface area contributed by atoms with Crippen LogP contribution in [0.1, 0.15) is 16.7 Å². The third kappa shape index (κ3) is 4.53. The quantitative estimate of drug-likeness (QED) is 0.825. The number of carbonyl (C=O) groups excluding carboxylic acids is 1. The zero-order chi connectivity index (χ0) is 19.6. The number of amides is 2. The smallest absolute Gasteiger partial charge is 0.368 e. The Balaban J connectivity index is 1.57. The van der Waals surface area contributed by atoms with Crippen LogP contribution in [0.4, 0.5) is 29.3 Å². The number of benzene rings is 2. The zero-order valence-electron chi connectivity index (χ0n) is 15.3. The number of hydrogen-bond acceptors (Lipinski definition) is 2. The van der Waals surface area contributed by atoms with Gasteiger partial charge in [-0.1, -0.05) is 17.7 Å². The number of urea groups is 1. The summed E-state index contributed by atoms with van der Waals surface area (Å²) in [6.07, 6.45) is -4.33. The molecule has 1 aliphatic rings. The number of hydrogen-bond donors (Lipinski definition) is 1. The number of halogens is 3. The van der Waals surface area contributed by atoms with Crippen molar-refractivity contribution in [2.45, 2.75) is 20.0 Å². The number of rotatable bonds is 2. The standard InChI is InChI=1S/C20H22F3N3O/c1-14-3-8-18(15(2)13-14)24-19(27)26-11-9-25(10-12-26)17-6-4-16(5-7-17)20(21,22)23/h3-8,13H,9-12H2,1-2H3,(H,24,27). The molecule has 0 bridgehead atoms. The normalized spacial score (nSPS) is 15.0. The maximum absolute atomic E-state index is 12.7. The minimum absolute atomic E-state index is 0.158. The van der Waals surface area contributed by atoms with Crippen LogP contribution in [0.2, 0.25) is 0 Å². The van der Waals surface area contributed by atoms with Crippen LogP contribution in [0.15, 0.2) is 42.5 Å². The summed E-state index contributed by atoms with van der Waals surface area (Å²) in [6, 6.07) is 10.8. The Morgan fingerprint density at radius 3 is 2.15 bits per heavy atom. The number of piperazine rings is 1. The fourth-order valence-corrected chi connectivity index (χ4v) is 3.18. The lowest BCUT2D eigenvalue weighted by molar-refractivity contribution is -0.137. The molecule has 0 radical (unpaired) electrons. The van der Waals surface area contributed by atoms with Crippen molar-refractivity contribution in [1.29, 1.82) is 0 Å². The van der Waals surface area contributed by atoms with Gasteiger partial charge in [-0.25, -0.2) is 4.79 Å². The number of nitrogens with one attached hydrogen (secondary N) is 1. The van der Waals surface area contributed by atoms with Gasteiger partial charge in [-0.2, -0.15) is 13.2 Å². The van der Waals surface area contributed by atoms with Crippen LogP contribution in [-0.2, 0) is 6.18 Å². The van der Waals surface area contributed by atoms with Gasteiger partial charge in [0.05, 0.1) is 5.56 Å². The molecule has 3 rings (SSSR count). The highest BCUT2D eigenvalue weighted by atomic mass is 19.4. The first-order valence-corrected chi connectivity index (χ1v) is 8.79. The lowest BCUT2D eigenvalue weighted by Gasteiger charge is -2.36. The minimum atomic E-state index is -4.33. The summed E-state index contributed by atoms with van der Waals surface area (Å²) in [7, 11) is 0. The Labute approximate surface area is 156 Å². The van der Waals surface area contributed by atoms with Crippen molar-refractivity contribution >= 4 is 17.4 Å². The third-order valence-electron chi connectivity index (χ3n) is 4.75. The highest BCUT2D eigenvalue weighted by molar-refractivity contribution is 5.90. The number of aryl methyl sites for hydroxylation is 2. The number of alkyl halides is 3. The lowest BCUT2D eigenvalue weighted by atomic mass is 10.1. The topological polar surface area (TPSA) is 35.6 Å². The van der Waals surface area contributed by atoms with Gasteiger partial charge >= 0.3 is 12.2 Å². The molecule has 0 aromatic heterocycles. The van der Waals surface area contributed by atoms with Gasteiger partial charge in [0, 0.05) is 37.6 Å². The van der Waals surface area contributed by atoms with E-state index in [4.69, 9.17) is 0 Å². The molecule has 4 nitrogen and oxygen atoms in total. The summed E-state index contributed by atoms with van der Waals surface area (Å²) in [5.41, 5.74) is 3.01. The summed E-state index contributed by atoms with van der Waals surface area (Å²) in [5.74, 6) is 0. The zero-order valence-corrected chi connectivity index (χ0v) is 15.3. The fourth-order valence-electron chi connectivity index (χ4n) is 3.18. The van der Waals surface area contributed by atoms with Crippen LogP contribution in [-0.4, -0.2) is 37.1 Å². The summed E-state index contributed by atoms with van der Waals surface area (Å²) in [5, 5.41) is 2.93. The van der Waals surface area contributed by atoms with Crippen molar-refractivity contribution in [1.82, 2.24) is 4.90 Å². The Morgan fingerprint density at radius 1 is 0.963 bits per heavy atom. The molecule has 144 valence electrons. The molecule has 1 N–H and O–H groups in total. The van der Waals surface area contributed by atoms with Crippen molar-refractivity contribution in [3.05, 3.63) is 59.2 Å². The molecule has 7 heteroatoms. The Bertz CT molecular complexity index is 810. The van der Waals surface area contributed by atoms with E-state index >= 15 is 0 Å². The Kier molecular flexibility index (Phi) is 5.30. The second-order valence-corrected chi connectivity index (χ2v) is 6.77. The van der Waals surface area contributed by atoms with Crippen molar-refractivity contribution in [3.63, 3.8) is 0 Å². The Morgan fingerprint density at radius 2 is 1.59 bits per heavy atom. The molecule has 0 aliphatic carbocycles. The van der Waals surface area contributed by atoms with Crippen molar-refractivity contribution < 1.29 is 18.0 Å². The molecule has 1 heterocycles. The highest BCUT2D eigenvalue weighted by Gasteiger charge is 2.30. The van der Waals surface area contributed by atoms with Gasteiger partial charge in [0.2, 0.25) is 0 Å². The van der Waals surface area contributed by atoms with E-state index in [0.717, 1.165) is 34.6 Å². The van der Waals surface area contributed by atoms with E-state index in [2.05, 4.69) is 5.32 Å². The fraction of sp³-hybridized carbons (Fsp3) is 0.350. The van der Waals surface area contributed by atoms with Gasteiger partial charge in [0.15, 0.2) is 0 Å². The van der Waals surface area contributed by atoms with Gasteiger partial charge < -0.3 is 15.1 Å². The molecule has 1 fully saturated rings. The second-order valence-electron chi connectivity index (χ2n) is 6.77. The van der Waals surface area contributed by atoms with Gasteiger partial charge in [0.1, 0.15) is 0 Å². The molecule has 1 saturated heterocycles. The summed E-state index contributed by atoms with van der Waals surface area (Å²) < 4.78 is 38.0. The van der Waals surface area contributed by atoms with E-state index in [1.165, 1.54) is 12.1 Å². The number of nitrogens with zero attached hydrogens (tertiary/aromatic N) is 2. The maximum Gasteiger partial charge on any atom is 0.416 e. The summed E-state index contributed by atoms with van der Waals surface area (Å²) >= 11 is 0. The first-order chi connectivity index (χ1) is 12.7. The molecule has 27 heavy (non-hydrogen) atoms. The van der Waals surface area contributed by atoms with E-state index in [1.807, 2.05) is 36.9 Å². The predicted molar refractivity (Wildman–Crippen MR) is 100 cm³/mol. The number of carbonyl (C=O) groups is 1. The van der Waals surface area contributed by atoms with Crippen molar-refractivity contribution in [2.75, 3.05) is 36.4 Å². The highest BCUT2D eigenvalue weighted by Crippen LogP contribution is 2.30. The Hall–Kier alpha value is -2.70. The van der Waals surface area contributed by atoms with Crippen LogP contribution >= 0.6 is 0 Å². The monoisotopic (exact) mass is 377 g/mol. The van der Waals surface area contributed by atoms with E-state index in [1.54, 1.807) is 4.90 Å². The first-order valence-electron chi connectivity index (χ1n) is 8.79. The van der Waals surface area contributed by atoms with Crippen LogP contribution in [0.5, 0.6) is 0 Å². The summed E-state index contributed by atoms with van der Waals surface area (Å²) in [6.45, 7) is 6.12. The van der Waals surface area contributed by atoms with Crippen molar-refractivity contribution in [3.8, 4) is 0 Å². The molecule has 2 aromatic rings. The first kappa shape index (κ1) is 19.1. The molecule has 2 aromatic carbocycles. The molecule has 0 saturated carbocycles. The lowest BCUT2D eigenvalue weighted by Crippen LogP contribution is -2.50. The van der Waals surface area contributed by atoms with Gasteiger partial charge in [-0.3, -0.25) is 0 Å². The second kappa shape index (κ2) is 7.50. The van der Waals surface area contributed by atoms with Crippen LogP contribution in [0, 0.1) is 13.8 Å². The minimum Gasteiger partial charge on any atom is -0.368 e.